The summed E-state index contributed by atoms with van der Waals surface area (Å²) in [5.74, 6) is 1.33. The van der Waals surface area contributed by atoms with Crippen LogP contribution in [0.5, 0.6) is 11.5 Å². The van der Waals surface area contributed by atoms with Crippen molar-refractivity contribution in [2.24, 2.45) is 4.99 Å². The van der Waals surface area contributed by atoms with Gasteiger partial charge in [0.2, 0.25) is 0 Å². The van der Waals surface area contributed by atoms with Crippen LogP contribution < -0.4 is 24.4 Å². The Labute approximate surface area is 229 Å². The number of ether oxygens (including phenoxy) is 2. The summed E-state index contributed by atoms with van der Waals surface area (Å²) in [6, 6.07) is 22.6. The third-order valence-corrected chi connectivity index (χ3v) is 8.82. The Hall–Kier alpha value is -3.55. The van der Waals surface area contributed by atoms with Crippen molar-refractivity contribution < 1.29 is 9.47 Å². The second-order valence-corrected chi connectivity index (χ2v) is 11.1. The van der Waals surface area contributed by atoms with E-state index in [1.54, 1.807) is 18.9 Å². The molecular weight excluding hydrogens is 512 g/mol. The van der Waals surface area contributed by atoms with Crippen molar-refractivity contribution in [1.82, 2.24) is 4.57 Å². The summed E-state index contributed by atoms with van der Waals surface area (Å²) in [5.41, 5.74) is 6.69. The molecule has 1 unspecified atom stereocenters. The minimum atomic E-state index is -0.178. The quantitative estimate of drug-likeness (QED) is 0.305. The lowest BCUT2D eigenvalue weighted by atomic mass is 9.83. The number of rotatable bonds is 6. The molecule has 0 spiro atoms. The van der Waals surface area contributed by atoms with Crippen LogP contribution in [0.25, 0.3) is 11.8 Å². The lowest BCUT2D eigenvalue weighted by molar-refractivity contribution is 0.311. The van der Waals surface area contributed by atoms with Crippen LogP contribution in [0.1, 0.15) is 41.6 Å². The van der Waals surface area contributed by atoms with Gasteiger partial charge in [0.05, 0.1) is 30.0 Å². The Kier molecular flexibility index (Phi) is 6.72. The van der Waals surface area contributed by atoms with Crippen molar-refractivity contribution in [3.63, 3.8) is 0 Å². The van der Waals surface area contributed by atoms with Crippen LogP contribution in [0.2, 0.25) is 0 Å². The zero-order valence-corrected chi connectivity index (χ0v) is 23.2. The molecule has 1 atom stereocenters. The van der Waals surface area contributed by atoms with E-state index in [2.05, 4.69) is 54.8 Å². The third kappa shape index (κ3) is 4.29. The summed E-state index contributed by atoms with van der Waals surface area (Å²) in [5, 5.41) is 0. The third-order valence-electron chi connectivity index (χ3n) is 7.09. The van der Waals surface area contributed by atoms with E-state index in [9.17, 15) is 4.79 Å². The number of thiazole rings is 1. The Morgan fingerprint density at radius 2 is 1.89 bits per heavy atom. The van der Waals surface area contributed by atoms with Gasteiger partial charge in [0.25, 0.3) is 5.56 Å². The van der Waals surface area contributed by atoms with E-state index in [4.69, 9.17) is 14.5 Å². The first kappa shape index (κ1) is 24.8. The molecule has 5 nitrogen and oxygen atoms in total. The molecule has 0 fully saturated rings. The zero-order chi connectivity index (χ0) is 26.2. The standard InChI is InChI=1S/C31H28N2O3S2/c1-4-36-26-17-19(9-16-25(26)35-2)18-27-30(34)33-29(21-10-13-22(37-3)14-11-21)24-15-12-20-7-5-6-8-23(20)28(24)32-31(33)38-27/h5-11,13-14,16-18,29H,4,12,15H2,1-3H3. The first-order valence-electron chi connectivity index (χ1n) is 12.7. The number of methoxy groups -OCH3 is 1. The molecule has 6 rings (SSSR count). The van der Waals surface area contributed by atoms with E-state index in [0.29, 0.717) is 22.6 Å². The number of benzene rings is 3. The molecule has 0 saturated heterocycles. The van der Waals surface area contributed by atoms with Crippen molar-refractivity contribution >= 4 is 34.9 Å². The summed E-state index contributed by atoms with van der Waals surface area (Å²) in [6.07, 6.45) is 5.83. The minimum Gasteiger partial charge on any atom is -0.493 e. The minimum absolute atomic E-state index is 0.0214. The van der Waals surface area contributed by atoms with E-state index >= 15 is 0 Å². The van der Waals surface area contributed by atoms with Crippen LogP contribution in [0.15, 0.2) is 87.0 Å². The summed E-state index contributed by atoms with van der Waals surface area (Å²) in [7, 11) is 1.63. The van der Waals surface area contributed by atoms with Gasteiger partial charge in [0.1, 0.15) is 0 Å². The van der Waals surface area contributed by atoms with Crippen molar-refractivity contribution in [2.45, 2.75) is 30.7 Å². The van der Waals surface area contributed by atoms with Gasteiger partial charge in [-0.3, -0.25) is 9.36 Å². The molecule has 4 aromatic rings. The monoisotopic (exact) mass is 540 g/mol. The highest BCUT2D eigenvalue weighted by Crippen LogP contribution is 2.41. The van der Waals surface area contributed by atoms with Gasteiger partial charge in [0.15, 0.2) is 16.3 Å². The predicted molar refractivity (Wildman–Crippen MR) is 155 cm³/mol. The number of aryl methyl sites for hydroxylation is 1. The van der Waals surface area contributed by atoms with Crippen molar-refractivity contribution in [3.8, 4) is 11.5 Å². The van der Waals surface area contributed by atoms with Gasteiger partial charge in [0, 0.05) is 10.5 Å². The molecule has 2 aliphatic rings. The Morgan fingerprint density at radius 3 is 2.66 bits per heavy atom. The van der Waals surface area contributed by atoms with Gasteiger partial charge in [-0.15, -0.1) is 11.8 Å². The second-order valence-electron chi connectivity index (χ2n) is 9.23. The molecule has 0 amide bonds. The lowest BCUT2D eigenvalue weighted by Gasteiger charge is -2.30. The molecule has 2 heterocycles. The first-order chi connectivity index (χ1) is 18.6. The number of allylic oxidation sites excluding steroid dienone is 1. The van der Waals surface area contributed by atoms with Crippen LogP contribution in [0, 0.1) is 0 Å². The van der Waals surface area contributed by atoms with E-state index in [0.717, 1.165) is 34.5 Å². The zero-order valence-electron chi connectivity index (χ0n) is 21.6. The maximum Gasteiger partial charge on any atom is 0.271 e. The number of aromatic nitrogens is 1. The van der Waals surface area contributed by atoms with Crippen molar-refractivity contribution in [2.75, 3.05) is 20.0 Å². The molecule has 3 aromatic carbocycles. The fourth-order valence-corrected chi connectivity index (χ4v) is 6.72. The number of thioether (sulfide) groups is 1. The van der Waals surface area contributed by atoms with Gasteiger partial charge in [-0.05, 0) is 78.6 Å². The van der Waals surface area contributed by atoms with E-state index in [-0.39, 0.29) is 11.6 Å². The van der Waals surface area contributed by atoms with E-state index in [1.165, 1.54) is 32.9 Å². The van der Waals surface area contributed by atoms with Crippen molar-refractivity contribution in [3.05, 3.63) is 114 Å². The molecule has 7 heteroatoms. The summed E-state index contributed by atoms with van der Waals surface area (Å²) >= 11 is 3.16. The molecule has 0 bridgehead atoms. The number of fused-ring (bicyclic) bond motifs is 3. The molecule has 1 aliphatic heterocycles. The topological polar surface area (TPSA) is 52.8 Å². The van der Waals surface area contributed by atoms with Crippen LogP contribution in [0.4, 0.5) is 0 Å². The molecule has 0 radical (unpaired) electrons. The second kappa shape index (κ2) is 10.3. The lowest BCUT2D eigenvalue weighted by Crippen LogP contribution is -2.38. The normalized spacial score (nSPS) is 16.4. The van der Waals surface area contributed by atoms with Crippen LogP contribution in [-0.4, -0.2) is 24.5 Å². The van der Waals surface area contributed by atoms with Gasteiger partial charge >= 0.3 is 0 Å². The van der Waals surface area contributed by atoms with Gasteiger partial charge in [-0.1, -0.05) is 53.8 Å². The summed E-state index contributed by atoms with van der Waals surface area (Å²) in [6.45, 7) is 2.47. The molecule has 1 aliphatic carbocycles. The number of hydrogen-bond donors (Lipinski definition) is 0. The maximum absolute atomic E-state index is 14.0. The molecule has 38 heavy (non-hydrogen) atoms. The smallest absolute Gasteiger partial charge is 0.271 e. The molecular formula is C31H28N2O3S2. The fourth-order valence-electron chi connectivity index (χ4n) is 5.31. The Balaban J connectivity index is 1.56. The van der Waals surface area contributed by atoms with Crippen LogP contribution in [-0.2, 0) is 6.42 Å². The van der Waals surface area contributed by atoms with Gasteiger partial charge in [-0.25, -0.2) is 4.99 Å². The van der Waals surface area contributed by atoms with Crippen LogP contribution in [0.3, 0.4) is 0 Å². The molecule has 1 aromatic heterocycles. The van der Waals surface area contributed by atoms with Crippen molar-refractivity contribution in [1.29, 1.82) is 0 Å². The SMILES string of the molecule is CCOc1cc(C=c2sc3n(c2=O)C(c2ccc(SC)cc2)C2=C(N=3)c3ccccc3CC2)ccc1OC. The average Bonchev–Trinajstić information content (AvgIpc) is 3.26. The first-order valence-corrected chi connectivity index (χ1v) is 14.7. The summed E-state index contributed by atoms with van der Waals surface area (Å²) < 4.78 is 13.7. The molecule has 192 valence electrons. The largest absolute Gasteiger partial charge is 0.493 e. The van der Waals surface area contributed by atoms with Gasteiger partial charge in [-0.2, -0.15) is 0 Å². The average molecular weight is 541 g/mol. The number of hydrogen-bond acceptors (Lipinski definition) is 6. The van der Waals surface area contributed by atoms with Gasteiger partial charge < -0.3 is 9.47 Å². The van der Waals surface area contributed by atoms with E-state index in [1.807, 2.05) is 35.8 Å². The van der Waals surface area contributed by atoms with E-state index < -0.39 is 0 Å². The highest BCUT2D eigenvalue weighted by molar-refractivity contribution is 7.98. The summed E-state index contributed by atoms with van der Waals surface area (Å²) in [4.78, 5) is 21.0. The number of nitrogens with zero attached hydrogens (tertiary/aromatic N) is 2. The Morgan fingerprint density at radius 1 is 1.08 bits per heavy atom. The molecule has 0 saturated carbocycles. The highest BCUT2D eigenvalue weighted by atomic mass is 32.2. The fraction of sp³-hybridized carbons (Fsp3) is 0.226. The predicted octanol–water partition coefficient (Wildman–Crippen LogP) is 5.45. The molecule has 0 N–H and O–H groups in total. The highest BCUT2D eigenvalue weighted by Gasteiger charge is 2.32. The Bertz CT molecular complexity index is 1730. The maximum atomic E-state index is 14.0. The van der Waals surface area contributed by atoms with Crippen LogP contribution >= 0.6 is 23.1 Å².